The van der Waals surface area contributed by atoms with E-state index in [0.29, 0.717) is 9.50 Å². The van der Waals surface area contributed by atoms with Crippen LogP contribution >= 0.6 is 27.5 Å². The van der Waals surface area contributed by atoms with Gasteiger partial charge in [-0.25, -0.2) is 13.2 Å². The van der Waals surface area contributed by atoms with E-state index >= 15 is 0 Å². The monoisotopic (exact) mass is 403 g/mol. The Balaban J connectivity index is 2.38. The highest BCUT2D eigenvalue weighted by molar-refractivity contribution is 9.10. The number of sulfonamides is 1. The maximum absolute atomic E-state index is 12.3. The van der Waals surface area contributed by atoms with Crippen LogP contribution in [0.15, 0.2) is 51.8 Å². The Hall–Kier alpha value is -1.57. The van der Waals surface area contributed by atoms with E-state index in [1.165, 1.54) is 43.5 Å². The summed E-state index contributed by atoms with van der Waals surface area (Å²) in [6, 6.07) is 10.4. The molecule has 0 atom stereocenters. The van der Waals surface area contributed by atoms with E-state index in [9.17, 15) is 13.2 Å². The number of nitrogens with one attached hydrogen (secondary N) is 1. The first-order valence-corrected chi connectivity index (χ1v) is 8.66. The molecule has 0 aliphatic rings. The quantitative estimate of drug-likeness (QED) is 0.789. The number of halogens is 2. The molecule has 2 aromatic carbocycles. The van der Waals surface area contributed by atoms with Gasteiger partial charge in [0.2, 0.25) is 0 Å². The van der Waals surface area contributed by atoms with E-state index in [4.69, 9.17) is 11.6 Å². The van der Waals surface area contributed by atoms with Gasteiger partial charge in [-0.15, -0.1) is 0 Å². The molecule has 0 aliphatic carbocycles. The van der Waals surface area contributed by atoms with E-state index in [1.807, 2.05) is 0 Å². The highest BCUT2D eigenvalue weighted by atomic mass is 79.9. The van der Waals surface area contributed by atoms with Crippen molar-refractivity contribution in [3.8, 4) is 0 Å². The van der Waals surface area contributed by atoms with E-state index in [2.05, 4.69) is 25.4 Å². The van der Waals surface area contributed by atoms with Crippen molar-refractivity contribution in [3.05, 3.63) is 57.5 Å². The molecule has 5 nitrogen and oxygen atoms in total. The number of esters is 1. The molecule has 0 saturated carbocycles. The van der Waals surface area contributed by atoms with Crippen LogP contribution in [-0.2, 0) is 14.8 Å². The van der Waals surface area contributed by atoms with E-state index in [1.54, 1.807) is 6.07 Å². The normalized spacial score (nSPS) is 11.0. The Morgan fingerprint density at radius 3 is 2.41 bits per heavy atom. The van der Waals surface area contributed by atoms with Crippen molar-refractivity contribution in [1.82, 2.24) is 0 Å². The minimum atomic E-state index is -3.79. The lowest BCUT2D eigenvalue weighted by molar-refractivity contribution is 0.0599. The van der Waals surface area contributed by atoms with Gasteiger partial charge in [0.05, 0.1) is 27.7 Å². The van der Waals surface area contributed by atoms with Crippen LogP contribution in [0.5, 0.6) is 0 Å². The zero-order valence-corrected chi connectivity index (χ0v) is 14.5. The second-order valence-electron chi connectivity index (χ2n) is 4.22. The molecule has 0 heterocycles. The Kier molecular flexibility index (Phi) is 5.10. The summed E-state index contributed by atoms with van der Waals surface area (Å²) in [5.41, 5.74) is 0.455. The van der Waals surface area contributed by atoms with Gasteiger partial charge in [0.15, 0.2) is 0 Å². The van der Waals surface area contributed by atoms with Crippen molar-refractivity contribution in [2.24, 2.45) is 0 Å². The van der Waals surface area contributed by atoms with Crippen LogP contribution in [-0.4, -0.2) is 21.5 Å². The summed E-state index contributed by atoms with van der Waals surface area (Å²) < 4.78 is 32.0. The average Bonchev–Trinajstić information content (AvgIpc) is 2.49. The topological polar surface area (TPSA) is 72.5 Å². The van der Waals surface area contributed by atoms with E-state index < -0.39 is 16.0 Å². The fourth-order valence-electron chi connectivity index (χ4n) is 1.70. The van der Waals surface area contributed by atoms with Gasteiger partial charge in [-0.05, 0) is 52.3 Å². The van der Waals surface area contributed by atoms with Gasteiger partial charge in [-0.2, -0.15) is 0 Å². The summed E-state index contributed by atoms with van der Waals surface area (Å²) in [4.78, 5) is 11.7. The minimum absolute atomic E-state index is 0.0623. The summed E-state index contributed by atoms with van der Waals surface area (Å²) in [5, 5.41) is 0.438. The van der Waals surface area contributed by atoms with Gasteiger partial charge < -0.3 is 4.74 Å². The number of carbonyl (C=O) groups is 1. The summed E-state index contributed by atoms with van der Waals surface area (Å²) in [6.45, 7) is 0. The number of methoxy groups -OCH3 is 1. The Morgan fingerprint density at radius 1 is 1.18 bits per heavy atom. The van der Waals surface area contributed by atoms with Crippen LogP contribution in [0.25, 0.3) is 0 Å². The van der Waals surface area contributed by atoms with Crippen LogP contribution in [0, 0.1) is 0 Å². The van der Waals surface area contributed by atoms with Crippen molar-refractivity contribution in [3.63, 3.8) is 0 Å². The molecule has 0 unspecified atom stereocenters. The molecule has 0 amide bonds. The molecule has 1 N–H and O–H groups in total. The third kappa shape index (κ3) is 3.60. The minimum Gasteiger partial charge on any atom is -0.465 e. The average molecular weight is 405 g/mol. The van der Waals surface area contributed by atoms with Crippen LogP contribution in [0.3, 0.4) is 0 Å². The zero-order valence-electron chi connectivity index (χ0n) is 11.3. The number of carbonyl (C=O) groups excluding carboxylic acids is 1. The maximum atomic E-state index is 12.3. The van der Waals surface area contributed by atoms with Gasteiger partial charge >= 0.3 is 5.97 Å². The second-order valence-corrected chi connectivity index (χ2v) is 7.13. The van der Waals surface area contributed by atoms with Crippen molar-refractivity contribution >= 4 is 49.2 Å². The van der Waals surface area contributed by atoms with Gasteiger partial charge in [0.1, 0.15) is 0 Å². The number of rotatable bonds is 4. The molecular formula is C14H11BrClNO4S. The fraction of sp³-hybridized carbons (Fsp3) is 0.0714. The van der Waals surface area contributed by atoms with Crippen molar-refractivity contribution in [2.45, 2.75) is 4.90 Å². The molecule has 0 bridgehead atoms. The largest absolute Gasteiger partial charge is 0.465 e. The Morgan fingerprint density at radius 2 is 1.82 bits per heavy atom. The second kappa shape index (κ2) is 6.68. The molecule has 0 spiro atoms. The lowest BCUT2D eigenvalue weighted by atomic mass is 10.2. The van der Waals surface area contributed by atoms with Gasteiger partial charge in [0.25, 0.3) is 10.0 Å². The predicted octanol–water partition coefficient (Wildman–Crippen LogP) is 3.69. The molecule has 0 aliphatic heterocycles. The predicted molar refractivity (Wildman–Crippen MR) is 87.7 cm³/mol. The molecule has 0 radical (unpaired) electrons. The van der Waals surface area contributed by atoms with E-state index in [-0.39, 0.29) is 16.1 Å². The van der Waals surface area contributed by atoms with Gasteiger partial charge in [-0.1, -0.05) is 17.7 Å². The first-order valence-electron chi connectivity index (χ1n) is 6.00. The zero-order chi connectivity index (χ0) is 16.3. The summed E-state index contributed by atoms with van der Waals surface area (Å²) in [7, 11) is -2.54. The summed E-state index contributed by atoms with van der Waals surface area (Å²) in [5.74, 6) is -0.570. The van der Waals surface area contributed by atoms with Crippen LogP contribution in [0.4, 0.5) is 5.69 Å². The van der Waals surface area contributed by atoms with Crippen molar-refractivity contribution in [1.29, 1.82) is 0 Å². The molecular weight excluding hydrogens is 394 g/mol. The third-order valence-electron chi connectivity index (χ3n) is 2.77. The molecule has 2 aromatic rings. The molecule has 116 valence electrons. The molecule has 0 aromatic heterocycles. The first-order chi connectivity index (χ1) is 10.3. The number of benzene rings is 2. The first kappa shape index (κ1) is 16.8. The van der Waals surface area contributed by atoms with Crippen LogP contribution in [0.2, 0.25) is 5.02 Å². The summed E-state index contributed by atoms with van der Waals surface area (Å²) >= 11 is 8.96. The number of anilines is 1. The fourth-order valence-corrected chi connectivity index (χ4v) is 3.55. The van der Waals surface area contributed by atoms with Crippen LogP contribution < -0.4 is 4.72 Å². The number of ether oxygens (including phenoxy) is 1. The molecule has 22 heavy (non-hydrogen) atoms. The Labute approximate surface area is 141 Å². The van der Waals surface area contributed by atoms with Crippen molar-refractivity contribution < 1.29 is 17.9 Å². The lowest BCUT2D eigenvalue weighted by Gasteiger charge is -2.12. The number of hydrogen-bond donors (Lipinski definition) is 1. The molecule has 8 heteroatoms. The SMILES string of the molecule is COC(=O)c1cccc(NS(=O)(=O)c2ccc(Cl)cc2)c1Br. The van der Waals surface area contributed by atoms with Crippen molar-refractivity contribution in [2.75, 3.05) is 11.8 Å². The smallest absolute Gasteiger partial charge is 0.339 e. The highest BCUT2D eigenvalue weighted by Crippen LogP contribution is 2.29. The van der Waals surface area contributed by atoms with Crippen LogP contribution in [0.1, 0.15) is 10.4 Å². The molecule has 0 fully saturated rings. The molecule has 0 saturated heterocycles. The number of hydrogen-bond acceptors (Lipinski definition) is 4. The standard InChI is InChI=1S/C14H11BrClNO4S/c1-21-14(18)11-3-2-4-12(13(11)15)17-22(19,20)10-7-5-9(16)6-8-10/h2-8,17H,1H3. The lowest BCUT2D eigenvalue weighted by Crippen LogP contribution is -2.14. The maximum Gasteiger partial charge on any atom is 0.339 e. The third-order valence-corrected chi connectivity index (χ3v) is 5.26. The Bertz CT molecular complexity index is 806. The molecule has 2 rings (SSSR count). The summed E-state index contributed by atoms with van der Waals surface area (Å²) in [6.07, 6.45) is 0. The van der Waals surface area contributed by atoms with E-state index in [0.717, 1.165) is 0 Å². The van der Waals surface area contributed by atoms with Gasteiger partial charge in [-0.3, -0.25) is 4.72 Å². The highest BCUT2D eigenvalue weighted by Gasteiger charge is 2.19. The van der Waals surface area contributed by atoms with Gasteiger partial charge in [0, 0.05) is 5.02 Å².